The number of rotatable bonds is 4. The molecule has 1 heterocycles. The molecule has 1 saturated heterocycles. The summed E-state index contributed by atoms with van der Waals surface area (Å²) in [6.45, 7) is 12.3. The second-order valence-corrected chi connectivity index (χ2v) is 9.20. The van der Waals surface area contributed by atoms with Gasteiger partial charge in [0.2, 0.25) is 0 Å². The molecule has 0 spiro atoms. The molecule has 0 aromatic heterocycles. The van der Waals surface area contributed by atoms with Crippen molar-refractivity contribution in [2.75, 3.05) is 6.61 Å². The predicted octanol–water partition coefficient (Wildman–Crippen LogP) is 5.08. The molecule has 2 heteroatoms. The van der Waals surface area contributed by atoms with Gasteiger partial charge in [-0.3, -0.25) is 0 Å². The van der Waals surface area contributed by atoms with Crippen molar-refractivity contribution in [3.8, 4) is 0 Å². The van der Waals surface area contributed by atoms with Crippen LogP contribution in [-0.2, 0) is 9.47 Å². The molecular weight excluding hydrogens is 272 g/mol. The summed E-state index contributed by atoms with van der Waals surface area (Å²) < 4.78 is 13.3. The molecule has 4 aliphatic rings. The smallest absolute Gasteiger partial charge is 0.174 e. The van der Waals surface area contributed by atoms with E-state index in [1.807, 2.05) is 0 Å². The average Bonchev–Trinajstić information content (AvgIpc) is 3.06. The van der Waals surface area contributed by atoms with E-state index in [-0.39, 0.29) is 11.2 Å². The number of hydrogen-bond donors (Lipinski definition) is 0. The normalized spacial score (nSPS) is 52.1. The number of allylic oxidation sites excluding steroid dienone is 1. The summed E-state index contributed by atoms with van der Waals surface area (Å²) in [6, 6.07) is 0. The third kappa shape index (κ3) is 1.64. The van der Waals surface area contributed by atoms with Crippen LogP contribution in [0.1, 0.15) is 72.1 Å². The van der Waals surface area contributed by atoms with Gasteiger partial charge in [0.15, 0.2) is 5.79 Å². The Morgan fingerprint density at radius 2 is 2.00 bits per heavy atom. The topological polar surface area (TPSA) is 18.5 Å². The maximum absolute atomic E-state index is 6.94. The number of ether oxygens (including phenoxy) is 2. The molecule has 0 amide bonds. The maximum atomic E-state index is 6.94. The first-order valence-electron chi connectivity index (χ1n) is 9.32. The van der Waals surface area contributed by atoms with Gasteiger partial charge < -0.3 is 9.47 Å². The van der Waals surface area contributed by atoms with Gasteiger partial charge in [-0.25, -0.2) is 0 Å². The fourth-order valence-corrected chi connectivity index (χ4v) is 6.46. The molecule has 124 valence electrons. The molecule has 22 heavy (non-hydrogen) atoms. The fraction of sp³-hybridized carbons (Fsp3) is 0.900. The lowest BCUT2D eigenvalue weighted by atomic mass is 9.69. The van der Waals surface area contributed by atoms with E-state index in [0.717, 1.165) is 31.8 Å². The zero-order valence-corrected chi connectivity index (χ0v) is 14.6. The second kappa shape index (κ2) is 4.60. The molecule has 2 nitrogen and oxygen atoms in total. The molecule has 4 rings (SSSR count). The summed E-state index contributed by atoms with van der Waals surface area (Å²) in [5, 5.41) is 0. The van der Waals surface area contributed by atoms with Crippen LogP contribution in [0.25, 0.3) is 0 Å². The molecule has 5 atom stereocenters. The fourth-order valence-electron chi connectivity index (χ4n) is 6.46. The molecule has 3 aliphatic carbocycles. The van der Waals surface area contributed by atoms with Gasteiger partial charge >= 0.3 is 0 Å². The summed E-state index contributed by atoms with van der Waals surface area (Å²) >= 11 is 0. The summed E-state index contributed by atoms with van der Waals surface area (Å²) in [4.78, 5) is 0. The molecule has 1 aliphatic heterocycles. The van der Waals surface area contributed by atoms with Crippen LogP contribution in [-0.4, -0.2) is 18.5 Å². The van der Waals surface area contributed by atoms with E-state index in [1.54, 1.807) is 0 Å². The molecule has 2 bridgehead atoms. The van der Waals surface area contributed by atoms with Crippen LogP contribution in [0.3, 0.4) is 0 Å². The van der Waals surface area contributed by atoms with Gasteiger partial charge in [-0.05, 0) is 61.7 Å². The van der Waals surface area contributed by atoms with E-state index in [0.29, 0.717) is 16.9 Å². The van der Waals surface area contributed by atoms with Gasteiger partial charge in [-0.1, -0.05) is 26.8 Å². The van der Waals surface area contributed by atoms with E-state index in [9.17, 15) is 0 Å². The van der Waals surface area contributed by atoms with Crippen molar-refractivity contribution in [2.45, 2.75) is 84.0 Å². The SMILES string of the molecule is C=CCC12CCCC1(OC1CC3CC[C@@]1(C)C3(C)C)OCC2. The second-order valence-electron chi connectivity index (χ2n) is 9.20. The lowest BCUT2D eigenvalue weighted by Crippen LogP contribution is -2.49. The Morgan fingerprint density at radius 3 is 2.64 bits per heavy atom. The van der Waals surface area contributed by atoms with E-state index in [1.165, 1.54) is 32.1 Å². The van der Waals surface area contributed by atoms with Gasteiger partial charge in [0.05, 0.1) is 12.7 Å². The maximum Gasteiger partial charge on any atom is 0.174 e. The van der Waals surface area contributed by atoms with Crippen molar-refractivity contribution in [1.82, 2.24) is 0 Å². The largest absolute Gasteiger partial charge is 0.349 e. The zero-order chi connectivity index (χ0) is 15.6. The molecule has 4 unspecified atom stereocenters. The van der Waals surface area contributed by atoms with Crippen molar-refractivity contribution in [1.29, 1.82) is 0 Å². The molecule has 0 aromatic carbocycles. The zero-order valence-electron chi connectivity index (χ0n) is 14.6. The Kier molecular flexibility index (Phi) is 3.18. The summed E-state index contributed by atoms with van der Waals surface area (Å²) in [5.41, 5.74) is 0.935. The Morgan fingerprint density at radius 1 is 1.18 bits per heavy atom. The Labute approximate surface area is 135 Å². The summed E-state index contributed by atoms with van der Waals surface area (Å²) in [6.07, 6.45) is 12.2. The van der Waals surface area contributed by atoms with Crippen molar-refractivity contribution in [3.63, 3.8) is 0 Å². The summed E-state index contributed by atoms with van der Waals surface area (Å²) in [7, 11) is 0. The van der Waals surface area contributed by atoms with Crippen molar-refractivity contribution in [3.05, 3.63) is 12.7 Å². The highest BCUT2D eigenvalue weighted by atomic mass is 16.7. The number of hydrogen-bond acceptors (Lipinski definition) is 2. The van der Waals surface area contributed by atoms with Gasteiger partial charge in [0.25, 0.3) is 0 Å². The minimum Gasteiger partial charge on any atom is -0.349 e. The van der Waals surface area contributed by atoms with Crippen LogP contribution < -0.4 is 0 Å². The van der Waals surface area contributed by atoms with Crippen LogP contribution in [0.4, 0.5) is 0 Å². The van der Waals surface area contributed by atoms with Crippen LogP contribution in [0.15, 0.2) is 12.7 Å². The van der Waals surface area contributed by atoms with Crippen LogP contribution in [0.2, 0.25) is 0 Å². The van der Waals surface area contributed by atoms with Gasteiger partial charge in [0, 0.05) is 11.8 Å². The number of fused-ring (bicyclic) bond motifs is 3. The Hall–Kier alpha value is -0.340. The molecule has 0 aromatic rings. The van der Waals surface area contributed by atoms with E-state index >= 15 is 0 Å². The minimum atomic E-state index is -0.310. The molecule has 0 radical (unpaired) electrons. The van der Waals surface area contributed by atoms with Crippen LogP contribution >= 0.6 is 0 Å². The third-order valence-electron chi connectivity index (χ3n) is 8.47. The minimum absolute atomic E-state index is 0.205. The molecule has 4 fully saturated rings. The van der Waals surface area contributed by atoms with E-state index in [2.05, 4.69) is 33.4 Å². The van der Waals surface area contributed by atoms with Crippen molar-refractivity contribution in [2.24, 2.45) is 22.2 Å². The quantitative estimate of drug-likeness (QED) is 0.674. The third-order valence-corrected chi connectivity index (χ3v) is 8.47. The highest BCUT2D eigenvalue weighted by Crippen LogP contribution is 2.68. The standard InChI is InChI=1S/C20H32O2/c1-5-8-19-9-6-10-20(19,21-13-12-19)22-16-14-15-7-11-18(16,4)17(15,2)3/h5,15-16H,1,6-14H2,2-4H3/t15?,16?,18-,19?,20?/m1/s1. The van der Waals surface area contributed by atoms with Gasteiger partial charge in [-0.2, -0.15) is 0 Å². The lowest BCUT2D eigenvalue weighted by Gasteiger charge is -2.46. The Bertz CT molecular complexity index is 470. The Balaban J connectivity index is 1.62. The van der Waals surface area contributed by atoms with Crippen LogP contribution in [0.5, 0.6) is 0 Å². The molecule has 3 saturated carbocycles. The lowest BCUT2D eigenvalue weighted by molar-refractivity contribution is -0.286. The van der Waals surface area contributed by atoms with Gasteiger partial charge in [-0.15, -0.1) is 6.58 Å². The molecular formula is C20H32O2. The predicted molar refractivity (Wildman–Crippen MR) is 88.5 cm³/mol. The molecule has 0 N–H and O–H groups in total. The highest BCUT2D eigenvalue weighted by Gasteiger charge is 2.67. The van der Waals surface area contributed by atoms with Crippen molar-refractivity contribution < 1.29 is 9.47 Å². The average molecular weight is 304 g/mol. The van der Waals surface area contributed by atoms with Crippen molar-refractivity contribution >= 4 is 0 Å². The van der Waals surface area contributed by atoms with Gasteiger partial charge in [0.1, 0.15) is 0 Å². The summed E-state index contributed by atoms with van der Waals surface area (Å²) in [5.74, 6) is 0.519. The van der Waals surface area contributed by atoms with Crippen LogP contribution in [0, 0.1) is 22.2 Å². The van der Waals surface area contributed by atoms with E-state index < -0.39 is 0 Å². The first-order valence-corrected chi connectivity index (χ1v) is 9.32. The highest BCUT2D eigenvalue weighted by molar-refractivity contribution is 5.13. The first kappa shape index (κ1) is 15.2. The van der Waals surface area contributed by atoms with E-state index in [4.69, 9.17) is 9.47 Å². The first-order chi connectivity index (χ1) is 10.4. The monoisotopic (exact) mass is 304 g/mol.